The summed E-state index contributed by atoms with van der Waals surface area (Å²) >= 11 is 0. The molecule has 0 spiro atoms. The summed E-state index contributed by atoms with van der Waals surface area (Å²) < 4.78 is 0. The maximum Gasteiger partial charge on any atom is 0.269 e. The molecular formula is C16H21NO3. The van der Waals surface area contributed by atoms with Crippen molar-refractivity contribution in [1.29, 1.82) is 0 Å². The van der Waals surface area contributed by atoms with Gasteiger partial charge in [0.15, 0.2) is 0 Å². The average Bonchev–Trinajstić information content (AvgIpc) is 2.38. The lowest BCUT2D eigenvalue weighted by Crippen LogP contribution is -2.34. The molecule has 0 bridgehead atoms. The number of rotatable bonds is 4. The van der Waals surface area contributed by atoms with E-state index in [4.69, 9.17) is 0 Å². The molecule has 20 heavy (non-hydrogen) atoms. The van der Waals surface area contributed by atoms with Crippen molar-refractivity contribution >= 4 is 11.5 Å². The lowest BCUT2D eigenvalue weighted by Gasteiger charge is -2.37. The van der Waals surface area contributed by atoms with Gasteiger partial charge in [-0.1, -0.05) is 38.8 Å². The zero-order valence-corrected chi connectivity index (χ0v) is 12.1. The van der Waals surface area contributed by atoms with Gasteiger partial charge in [-0.15, -0.1) is 0 Å². The molecule has 0 heterocycles. The highest BCUT2D eigenvalue weighted by Gasteiger charge is 2.36. The molecule has 1 saturated carbocycles. The van der Waals surface area contributed by atoms with Crippen molar-refractivity contribution in [2.24, 2.45) is 11.3 Å². The van der Waals surface area contributed by atoms with Crippen LogP contribution >= 0.6 is 0 Å². The quantitative estimate of drug-likeness (QED) is 0.618. The van der Waals surface area contributed by atoms with Gasteiger partial charge < -0.3 is 0 Å². The van der Waals surface area contributed by atoms with E-state index in [9.17, 15) is 14.9 Å². The van der Waals surface area contributed by atoms with Crippen LogP contribution in [0, 0.1) is 21.4 Å². The van der Waals surface area contributed by atoms with Crippen molar-refractivity contribution in [1.82, 2.24) is 0 Å². The van der Waals surface area contributed by atoms with Crippen LogP contribution in [0.25, 0.3) is 0 Å². The number of carbonyl (C=O) groups is 1. The second-order valence-electron chi connectivity index (χ2n) is 6.35. The Morgan fingerprint density at radius 3 is 2.50 bits per heavy atom. The normalized spacial score (nSPS) is 21.4. The van der Waals surface area contributed by atoms with E-state index in [2.05, 4.69) is 13.8 Å². The largest absolute Gasteiger partial charge is 0.299 e. The Kier molecular flexibility index (Phi) is 4.21. The molecule has 1 aliphatic carbocycles. The first-order valence-corrected chi connectivity index (χ1v) is 7.16. The summed E-state index contributed by atoms with van der Waals surface area (Å²) in [5.41, 5.74) is 1.01. The van der Waals surface area contributed by atoms with Gasteiger partial charge in [0.2, 0.25) is 0 Å². The SMILES string of the molecule is CC1(C)CCCCC1C(=O)Cc1ccc([N+](=O)[O-])cc1. The van der Waals surface area contributed by atoms with Crippen LogP contribution in [0.2, 0.25) is 0 Å². The van der Waals surface area contributed by atoms with Gasteiger partial charge in [0.25, 0.3) is 5.69 Å². The number of benzene rings is 1. The molecule has 1 aromatic rings. The molecular weight excluding hydrogens is 254 g/mol. The Hall–Kier alpha value is -1.71. The van der Waals surface area contributed by atoms with Gasteiger partial charge in [-0.2, -0.15) is 0 Å². The van der Waals surface area contributed by atoms with E-state index in [-0.39, 0.29) is 22.8 Å². The first kappa shape index (κ1) is 14.7. The Bertz CT molecular complexity index is 505. The van der Waals surface area contributed by atoms with E-state index in [1.165, 1.54) is 18.6 Å². The molecule has 0 N–H and O–H groups in total. The Balaban J connectivity index is 2.05. The summed E-state index contributed by atoms with van der Waals surface area (Å²) in [5, 5.41) is 10.6. The number of hydrogen-bond acceptors (Lipinski definition) is 3. The molecule has 1 fully saturated rings. The minimum Gasteiger partial charge on any atom is -0.299 e. The maximum absolute atomic E-state index is 12.5. The average molecular weight is 275 g/mol. The number of nitrogens with zero attached hydrogens (tertiary/aromatic N) is 1. The molecule has 0 aliphatic heterocycles. The minimum absolute atomic E-state index is 0.0687. The van der Waals surface area contributed by atoms with Crippen LogP contribution in [0.15, 0.2) is 24.3 Å². The van der Waals surface area contributed by atoms with Crippen molar-refractivity contribution in [2.45, 2.75) is 46.0 Å². The van der Waals surface area contributed by atoms with Crippen molar-refractivity contribution < 1.29 is 9.72 Å². The van der Waals surface area contributed by atoms with E-state index in [0.29, 0.717) is 6.42 Å². The highest BCUT2D eigenvalue weighted by molar-refractivity contribution is 5.84. The number of hydrogen-bond donors (Lipinski definition) is 0. The topological polar surface area (TPSA) is 60.2 Å². The molecule has 0 aromatic heterocycles. The number of Topliss-reactive ketones (excluding diaryl/α,β-unsaturated/α-hetero) is 1. The van der Waals surface area contributed by atoms with Crippen LogP contribution in [-0.2, 0) is 11.2 Å². The van der Waals surface area contributed by atoms with Crippen LogP contribution in [0.1, 0.15) is 45.1 Å². The zero-order valence-electron chi connectivity index (χ0n) is 12.1. The highest BCUT2D eigenvalue weighted by atomic mass is 16.6. The Labute approximate surface area is 119 Å². The lowest BCUT2D eigenvalue weighted by molar-refractivity contribution is -0.384. The molecule has 2 rings (SSSR count). The van der Waals surface area contributed by atoms with Gasteiger partial charge in [-0.05, 0) is 23.8 Å². The van der Waals surface area contributed by atoms with E-state index in [1.807, 2.05) is 0 Å². The number of non-ortho nitro benzene ring substituents is 1. The molecule has 1 atom stereocenters. The number of ketones is 1. The molecule has 1 aliphatic rings. The predicted octanol–water partition coefficient (Wildman–Crippen LogP) is 3.92. The van der Waals surface area contributed by atoms with Crippen molar-refractivity contribution in [3.8, 4) is 0 Å². The van der Waals surface area contributed by atoms with Crippen molar-refractivity contribution in [2.75, 3.05) is 0 Å². The van der Waals surface area contributed by atoms with Gasteiger partial charge in [0.1, 0.15) is 5.78 Å². The Morgan fingerprint density at radius 2 is 1.95 bits per heavy atom. The molecule has 1 aromatic carbocycles. The third-order valence-electron chi connectivity index (χ3n) is 4.42. The predicted molar refractivity (Wildman–Crippen MR) is 77.5 cm³/mol. The minimum atomic E-state index is -0.421. The first-order valence-electron chi connectivity index (χ1n) is 7.16. The van der Waals surface area contributed by atoms with Crippen LogP contribution < -0.4 is 0 Å². The van der Waals surface area contributed by atoms with Crippen LogP contribution in [0.3, 0.4) is 0 Å². The van der Waals surface area contributed by atoms with Gasteiger partial charge in [0.05, 0.1) is 4.92 Å². The van der Waals surface area contributed by atoms with Gasteiger partial charge in [-0.3, -0.25) is 14.9 Å². The smallest absolute Gasteiger partial charge is 0.269 e. The van der Waals surface area contributed by atoms with Gasteiger partial charge >= 0.3 is 0 Å². The number of nitro groups is 1. The first-order chi connectivity index (χ1) is 9.40. The van der Waals surface area contributed by atoms with Crippen molar-refractivity contribution in [3.63, 3.8) is 0 Å². The number of nitro benzene ring substituents is 1. The lowest BCUT2D eigenvalue weighted by atomic mass is 9.66. The summed E-state index contributed by atoms with van der Waals surface area (Å²) in [5.74, 6) is 0.384. The maximum atomic E-state index is 12.5. The summed E-state index contributed by atoms with van der Waals surface area (Å²) in [7, 11) is 0. The molecule has 0 amide bonds. The molecule has 0 saturated heterocycles. The van der Waals surface area contributed by atoms with E-state index < -0.39 is 4.92 Å². The molecule has 1 unspecified atom stereocenters. The van der Waals surface area contributed by atoms with Gasteiger partial charge in [-0.25, -0.2) is 0 Å². The molecule has 108 valence electrons. The zero-order chi connectivity index (χ0) is 14.8. The van der Waals surface area contributed by atoms with Crippen LogP contribution in [0.5, 0.6) is 0 Å². The third-order valence-corrected chi connectivity index (χ3v) is 4.42. The summed E-state index contributed by atoms with van der Waals surface area (Å²) in [4.78, 5) is 22.7. The molecule has 0 radical (unpaired) electrons. The van der Waals surface area contributed by atoms with E-state index in [0.717, 1.165) is 24.8 Å². The Morgan fingerprint density at radius 1 is 1.30 bits per heavy atom. The fourth-order valence-corrected chi connectivity index (χ4v) is 3.15. The molecule has 4 heteroatoms. The fourth-order valence-electron chi connectivity index (χ4n) is 3.15. The third kappa shape index (κ3) is 3.24. The highest BCUT2D eigenvalue weighted by Crippen LogP contribution is 2.41. The number of carbonyl (C=O) groups excluding carboxylic acids is 1. The summed E-state index contributed by atoms with van der Waals surface area (Å²) in [6.45, 7) is 4.34. The van der Waals surface area contributed by atoms with Gasteiger partial charge in [0, 0.05) is 24.5 Å². The monoisotopic (exact) mass is 275 g/mol. The summed E-state index contributed by atoms with van der Waals surface area (Å²) in [6.07, 6.45) is 4.78. The second-order valence-corrected chi connectivity index (χ2v) is 6.35. The summed E-state index contributed by atoms with van der Waals surface area (Å²) in [6, 6.07) is 6.31. The van der Waals surface area contributed by atoms with Crippen LogP contribution in [0.4, 0.5) is 5.69 Å². The van der Waals surface area contributed by atoms with Crippen molar-refractivity contribution in [3.05, 3.63) is 39.9 Å². The van der Waals surface area contributed by atoms with E-state index >= 15 is 0 Å². The molecule has 4 nitrogen and oxygen atoms in total. The second kappa shape index (κ2) is 5.73. The standard InChI is InChI=1S/C16H21NO3/c1-16(2)10-4-3-5-14(16)15(18)11-12-6-8-13(9-7-12)17(19)20/h6-9,14H,3-5,10-11H2,1-2H3. The van der Waals surface area contributed by atoms with Crippen LogP contribution in [-0.4, -0.2) is 10.7 Å². The van der Waals surface area contributed by atoms with E-state index in [1.54, 1.807) is 12.1 Å². The fraction of sp³-hybridized carbons (Fsp3) is 0.562.